The van der Waals surface area contributed by atoms with Gasteiger partial charge in [0.25, 0.3) is 0 Å². The zero-order chi connectivity index (χ0) is 15.1. The van der Waals surface area contributed by atoms with Crippen LogP contribution in [0.15, 0.2) is 36.8 Å². The monoisotopic (exact) mass is 325 g/mol. The molecule has 8 heteroatoms. The molecular weight excluding hydrogens is 313 g/mol. The number of hydrogen-bond donors (Lipinski definition) is 3. The molecule has 0 aliphatic carbocycles. The average Bonchev–Trinajstić information content (AvgIpc) is 2.46. The molecule has 2 rings (SSSR count). The van der Waals surface area contributed by atoms with Gasteiger partial charge >= 0.3 is 6.03 Å². The van der Waals surface area contributed by atoms with Crippen LogP contribution in [-0.2, 0) is 0 Å². The van der Waals surface area contributed by atoms with Crippen molar-refractivity contribution >= 4 is 40.7 Å². The van der Waals surface area contributed by atoms with Gasteiger partial charge in [0, 0.05) is 37.4 Å². The number of nitrogens with one attached hydrogen (secondary N) is 3. The third-order valence-electron chi connectivity index (χ3n) is 2.45. The van der Waals surface area contributed by atoms with Crippen molar-refractivity contribution in [2.75, 3.05) is 23.7 Å². The number of carbonyl (C=O) groups excluding carboxylic acids is 1. The summed E-state index contributed by atoms with van der Waals surface area (Å²) in [5.74, 6) is 0.525. The minimum absolute atomic E-state index is 0.293. The molecule has 0 bridgehead atoms. The lowest BCUT2D eigenvalue weighted by atomic mass is 10.4. The molecule has 2 aromatic heterocycles. The van der Waals surface area contributed by atoms with Crippen LogP contribution in [0, 0.1) is 0 Å². The van der Waals surface area contributed by atoms with Crippen LogP contribution in [-0.4, -0.2) is 29.1 Å². The van der Waals surface area contributed by atoms with Gasteiger partial charge < -0.3 is 16.0 Å². The van der Waals surface area contributed by atoms with Crippen LogP contribution in [0.25, 0.3) is 0 Å². The second-order valence-corrected chi connectivity index (χ2v) is 4.87. The molecule has 2 aromatic rings. The van der Waals surface area contributed by atoms with Gasteiger partial charge in [-0.1, -0.05) is 23.2 Å². The van der Waals surface area contributed by atoms with E-state index in [9.17, 15) is 4.79 Å². The maximum absolute atomic E-state index is 11.6. The Morgan fingerprint density at radius 1 is 1.19 bits per heavy atom. The van der Waals surface area contributed by atoms with Crippen LogP contribution in [0.3, 0.4) is 0 Å². The maximum atomic E-state index is 11.6. The Bertz CT molecular complexity index is 609. The normalized spacial score (nSPS) is 10.0. The first-order chi connectivity index (χ1) is 10.1. The molecule has 0 saturated heterocycles. The first kappa shape index (κ1) is 15.3. The lowest BCUT2D eigenvalue weighted by Crippen LogP contribution is -2.32. The van der Waals surface area contributed by atoms with E-state index in [0.717, 1.165) is 0 Å². The predicted octanol–water partition coefficient (Wildman–Crippen LogP) is 3.02. The number of urea groups is 1. The highest BCUT2D eigenvalue weighted by atomic mass is 35.5. The summed E-state index contributed by atoms with van der Waals surface area (Å²) in [7, 11) is 0. The van der Waals surface area contributed by atoms with E-state index in [-0.39, 0.29) is 6.03 Å². The van der Waals surface area contributed by atoms with Gasteiger partial charge in [0.05, 0.1) is 10.0 Å². The summed E-state index contributed by atoms with van der Waals surface area (Å²) in [5.41, 5.74) is 0.679. The summed E-state index contributed by atoms with van der Waals surface area (Å²) in [6.07, 6.45) is 4.70. The zero-order valence-corrected chi connectivity index (χ0v) is 12.4. The molecule has 110 valence electrons. The number of anilines is 2. The van der Waals surface area contributed by atoms with E-state index in [1.165, 1.54) is 6.20 Å². The Morgan fingerprint density at radius 3 is 2.67 bits per heavy atom. The molecule has 2 amide bonds. The maximum Gasteiger partial charge on any atom is 0.319 e. The highest BCUT2D eigenvalue weighted by Gasteiger charge is 2.03. The second kappa shape index (κ2) is 7.66. The van der Waals surface area contributed by atoms with Crippen molar-refractivity contribution in [3.63, 3.8) is 0 Å². The van der Waals surface area contributed by atoms with Crippen molar-refractivity contribution < 1.29 is 4.79 Å². The number of pyridine rings is 2. The van der Waals surface area contributed by atoms with E-state index < -0.39 is 0 Å². The molecule has 3 N–H and O–H groups in total. The molecule has 0 aliphatic heterocycles. The molecule has 2 heterocycles. The standard InChI is InChI=1S/C13H13Cl2N5O/c14-9-7-11(15)12(19-8-9)17-5-6-18-13(21)20-10-1-3-16-4-2-10/h1-4,7-8H,5-6H2,(H,17,19)(H2,16,18,20,21). The van der Waals surface area contributed by atoms with Crippen LogP contribution in [0.1, 0.15) is 0 Å². The summed E-state index contributed by atoms with van der Waals surface area (Å²) >= 11 is 11.7. The fourth-order valence-electron chi connectivity index (χ4n) is 1.51. The number of carbonyl (C=O) groups is 1. The van der Waals surface area contributed by atoms with Gasteiger partial charge in [0.15, 0.2) is 0 Å². The van der Waals surface area contributed by atoms with Gasteiger partial charge in [-0.05, 0) is 18.2 Å². The zero-order valence-electron chi connectivity index (χ0n) is 10.9. The largest absolute Gasteiger partial charge is 0.367 e. The molecule has 0 atom stereocenters. The van der Waals surface area contributed by atoms with Crippen molar-refractivity contribution in [1.82, 2.24) is 15.3 Å². The van der Waals surface area contributed by atoms with Gasteiger partial charge in [-0.3, -0.25) is 4.98 Å². The van der Waals surface area contributed by atoms with E-state index in [0.29, 0.717) is 34.6 Å². The Hall–Kier alpha value is -2.05. The fourth-order valence-corrected chi connectivity index (χ4v) is 1.96. The van der Waals surface area contributed by atoms with Gasteiger partial charge in [-0.25, -0.2) is 9.78 Å². The molecule has 0 aromatic carbocycles. The number of hydrogen-bond acceptors (Lipinski definition) is 4. The fraction of sp³-hybridized carbons (Fsp3) is 0.154. The Morgan fingerprint density at radius 2 is 1.95 bits per heavy atom. The number of aromatic nitrogens is 2. The molecule has 21 heavy (non-hydrogen) atoms. The van der Waals surface area contributed by atoms with Crippen molar-refractivity contribution in [3.05, 3.63) is 46.8 Å². The summed E-state index contributed by atoms with van der Waals surface area (Å²) in [6, 6.07) is 4.71. The van der Waals surface area contributed by atoms with Crippen molar-refractivity contribution in [2.24, 2.45) is 0 Å². The molecule has 6 nitrogen and oxygen atoms in total. The third kappa shape index (κ3) is 5.09. The van der Waals surface area contributed by atoms with E-state index in [2.05, 4.69) is 25.9 Å². The Kier molecular flexibility index (Phi) is 5.59. The lowest BCUT2D eigenvalue weighted by Gasteiger charge is -2.09. The highest BCUT2D eigenvalue weighted by Crippen LogP contribution is 2.21. The van der Waals surface area contributed by atoms with E-state index in [4.69, 9.17) is 23.2 Å². The van der Waals surface area contributed by atoms with Crippen LogP contribution < -0.4 is 16.0 Å². The summed E-state index contributed by atoms with van der Waals surface area (Å²) in [5, 5.41) is 9.30. The second-order valence-electron chi connectivity index (χ2n) is 4.03. The van der Waals surface area contributed by atoms with Crippen molar-refractivity contribution in [3.8, 4) is 0 Å². The smallest absolute Gasteiger partial charge is 0.319 e. The van der Waals surface area contributed by atoms with Gasteiger partial charge in [-0.15, -0.1) is 0 Å². The minimum atomic E-state index is -0.293. The molecule has 0 radical (unpaired) electrons. The molecule has 0 unspecified atom stereocenters. The SMILES string of the molecule is O=C(NCCNc1ncc(Cl)cc1Cl)Nc1ccncc1. The number of nitrogens with zero attached hydrogens (tertiary/aromatic N) is 2. The van der Waals surface area contributed by atoms with Crippen molar-refractivity contribution in [2.45, 2.75) is 0 Å². The number of rotatable bonds is 5. The summed E-state index contributed by atoms with van der Waals surface area (Å²) in [4.78, 5) is 19.5. The lowest BCUT2D eigenvalue weighted by molar-refractivity contribution is 0.252. The molecule has 0 aliphatic rings. The summed E-state index contributed by atoms with van der Waals surface area (Å²) in [6.45, 7) is 0.898. The third-order valence-corrected chi connectivity index (χ3v) is 2.94. The Balaban J connectivity index is 1.71. The predicted molar refractivity (Wildman–Crippen MR) is 84.0 cm³/mol. The molecule has 0 spiro atoms. The van der Waals surface area contributed by atoms with Gasteiger partial charge in [0.2, 0.25) is 0 Å². The van der Waals surface area contributed by atoms with E-state index in [1.807, 2.05) is 0 Å². The quantitative estimate of drug-likeness (QED) is 0.738. The molecule has 0 saturated carbocycles. The molecular formula is C13H13Cl2N5O. The van der Waals surface area contributed by atoms with E-state index >= 15 is 0 Å². The first-order valence-corrected chi connectivity index (χ1v) is 6.90. The van der Waals surface area contributed by atoms with Crippen LogP contribution >= 0.6 is 23.2 Å². The topological polar surface area (TPSA) is 78.9 Å². The molecule has 0 fully saturated rings. The summed E-state index contributed by atoms with van der Waals surface area (Å²) < 4.78 is 0. The number of amides is 2. The van der Waals surface area contributed by atoms with Crippen molar-refractivity contribution in [1.29, 1.82) is 0 Å². The number of halogens is 2. The van der Waals surface area contributed by atoms with Crippen LogP contribution in [0.5, 0.6) is 0 Å². The highest BCUT2D eigenvalue weighted by molar-refractivity contribution is 6.35. The first-order valence-electron chi connectivity index (χ1n) is 6.15. The average molecular weight is 326 g/mol. The van der Waals surface area contributed by atoms with Gasteiger partial charge in [0.1, 0.15) is 5.82 Å². The van der Waals surface area contributed by atoms with E-state index in [1.54, 1.807) is 30.6 Å². The van der Waals surface area contributed by atoms with Crippen LogP contribution in [0.2, 0.25) is 10.0 Å². The van der Waals surface area contributed by atoms with Gasteiger partial charge in [-0.2, -0.15) is 0 Å². The Labute approximate surface area is 131 Å². The minimum Gasteiger partial charge on any atom is -0.367 e. The van der Waals surface area contributed by atoms with Crippen LogP contribution in [0.4, 0.5) is 16.3 Å².